The molecule has 192 valence electrons. The summed E-state index contributed by atoms with van der Waals surface area (Å²) < 4.78 is 44.3. The Labute approximate surface area is 204 Å². The monoisotopic (exact) mass is 492 g/mol. The summed E-state index contributed by atoms with van der Waals surface area (Å²) in [7, 11) is 0. The summed E-state index contributed by atoms with van der Waals surface area (Å²) in [5, 5.41) is 0. The minimum Gasteiger partial charge on any atom is -0.406 e. The number of nitrogens with two attached hydrogens (primary N) is 1. The minimum absolute atomic E-state index is 0.0449. The highest BCUT2D eigenvalue weighted by Gasteiger charge is 2.38. The Bertz CT molecular complexity index is 1020. The van der Waals surface area contributed by atoms with Crippen LogP contribution in [0.5, 0.6) is 5.75 Å². The molecule has 1 fully saturated rings. The van der Waals surface area contributed by atoms with E-state index in [-0.39, 0.29) is 23.6 Å². The molecule has 2 heterocycles. The van der Waals surface area contributed by atoms with Crippen molar-refractivity contribution < 1.29 is 22.7 Å². The third-order valence-corrected chi connectivity index (χ3v) is 7.53. The summed E-state index contributed by atoms with van der Waals surface area (Å²) in [6.07, 6.45) is 4.68. The fourth-order valence-electron chi connectivity index (χ4n) is 5.30. The van der Waals surface area contributed by atoms with E-state index in [4.69, 9.17) is 10.7 Å². The number of rotatable bonds is 7. The Balaban J connectivity index is 1.65. The van der Waals surface area contributed by atoms with Crippen molar-refractivity contribution in [3.63, 3.8) is 0 Å². The van der Waals surface area contributed by atoms with Crippen molar-refractivity contribution in [2.45, 2.75) is 83.8 Å². The lowest BCUT2D eigenvalue weighted by atomic mass is 9.83. The summed E-state index contributed by atoms with van der Waals surface area (Å²) >= 11 is 0. The van der Waals surface area contributed by atoms with Gasteiger partial charge < -0.3 is 19.9 Å². The van der Waals surface area contributed by atoms with E-state index >= 15 is 0 Å². The molecule has 9 heteroatoms. The molecule has 0 unspecified atom stereocenters. The maximum atomic E-state index is 13.5. The molecule has 6 nitrogen and oxygen atoms in total. The molecule has 1 aromatic heterocycles. The first-order valence-corrected chi connectivity index (χ1v) is 12.7. The van der Waals surface area contributed by atoms with Gasteiger partial charge in [-0.25, -0.2) is 4.98 Å². The molecule has 1 saturated carbocycles. The van der Waals surface area contributed by atoms with Crippen LogP contribution in [0.1, 0.15) is 70.7 Å². The number of benzene rings is 1. The lowest BCUT2D eigenvalue weighted by Crippen LogP contribution is -2.51. The highest BCUT2D eigenvalue weighted by atomic mass is 19.4. The molecule has 1 aliphatic heterocycles. The van der Waals surface area contributed by atoms with Crippen LogP contribution in [0.15, 0.2) is 30.5 Å². The molecule has 0 bridgehead atoms. The van der Waals surface area contributed by atoms with E-state index in [1.54, 1.807) is 6.07 Å². The predicted molar refractivity (Wildman–Crippen MR) is 127 cm³/mol. The molecule has 0 radical (unpaired) electrons. The van der Waals surface area contributed by atoms with E-state index < -0.39 is 12.4 Å². The van der Waals surface area contributed by atoms with Crippen LogP contribution in [-0.4, -0.2) is 39.3 Å². The average Bonchev–Trinajstić information content (AvgIpc) is 3.27. The fourth-order valence-corrected chi connectivity index (χ4v) is 5.30. The quantitative estimate of drug-likeness (QED) is 0.540. The van der Waals surface area contributed by atoms with Crippen molar-refractivity contribution in [1.82, 2.24) is 14.5 Å². The molecule has 0 saturated heterocycles. The summed E-state index contributed by atoms with van der Waals surface area (Å²) in [6.45, 7) is 5.14. The van der Waals surface area contributed by atoms with E-state index in [1.807, 2.05) is 29.5 Å². The second-order valence-electron chi connectivity index (χ2n) is 9.95. The summed E-state index contributed by atoms with van der Waals surface area (Å²) in [6, 6.07) is 5.10. The zero-order chi connectivity index (χ0) is 25.2. The second kappa shape index (κ2) is 10.6. The zero-order valence-corrected chi connectivity index (χ0v) is 20.4. The van der Waals surface area contributed by atoms with Crippen LogP contribution < -0.4 is 10.5 Å². The number of halogens is 3. The van der Waals surface area contributed by atoms with Gasteiger partial charge in [-0.05, 0) is 30.4 Å². The van der Waals surface area contributed by atoms with Crippen molar-refractivity contribution in [2.24, 2.45) is 17.6 Å². The number of carbonyl (C=O) groups excluding carboxylic acids is 1. The zero-order valence-electron chi connectivity index (χ0n) is 20.4. The highest BCUT2D eigenvalue weighted by molar-refractivity contribution is 5.82. The first kappa shape index (κ1) is 25.5. The third-order valence-electron chi connectivity index (χ3n) is 7.53. The van der Waals surface area contributed by atoms with Crippen LogP contribution in [0, 0.1) is 11.8 Å². The van der Waals surface area contributed by atoms with Gasteiger partial charge in [-0.3, -0.25) is 4.79 Å². The number of hydrogen-bond donors (Lipinski definition) is 1. The number of ether oxygens (including phenoxy) is 1. The maximum absolute atomic E-state index is 13.5. The Morgan fingerprint density at radius 2 is 1.97 bits per heavy atom. The van der Waals surface area contributed by atoms with Gasteiger partial charge in [0.2, 0.25) is 5.91 Å². The van der Waals surface area contributed by atoms with Crippen LogP contribution in [0.4, 0.5) is 13.2 Å². The molecule has 4 rings (SSSR count). The molecule has 1 aliphatic carbocycles. The van der Waals surface area contributed by atoms with Gasteiger partial charge >= 0.3 is 6.36 Å². The number of fused-ring (bicyclic) bond motifs is 1. The van der Waals surface area contributed by atoms with Crippen LogP contribution in [0.25, 0.3) is 11.3 Å². The topological polar surface area (TPSA) is 73.4 Å². The number of imidazole rings is 1. The molecule has 1 amide bonds. The van der Waals surface area contributed by atoms with E-state index in [9.17, 15) is 18.0 Å². The van der Waals surface area contributed by atoms with Crippen molar-refractivity contribution in [2.75, 3.05) is 6.54 Å². The number of aromatic nitrogens is 2. The van der Waals surface area contributed by atoms with E-state index in [2.05, 4.69) is 4.74 Å². The van der Waals surface area contributed by atoms with E-state index in [0.717, 1.165) is 31.5 Å². The Hall–Kier alpha value is -2.55. The first-order chi connectivity index (χ1) is 16.7. The smallest absolute Gasteiger partial charge is 0.406 e. The van der Waals surface area contributed by atoms with Crippen LogP contribution in [-0.2, 0) is 11.3 Å². The van der Waals surface area contributed by atoms with Crippen LogP contribution in [0.3, 0.4) is 0 Å². The lowest BCUT2D eigenvalue weighted by molar-refractivity contribution is -0.274. The van der Waals surface area contributed by atoms with Crippen LogP contribution in [0.2, 0.25) is 0 Å². The summed E-state index contributed by atoms with van der Waals surface area (Å²) in [5.74, 6) is 1.04. The molecule has 2 aromatic rings. The standard InChI is InChI=1S/C26H35F3N4O2/c1-3-17(2)23(30)25(34)33-13-12-32-16-21(19-10-7-11-20(15-19)35-26(27,28)29)31-24(32)22(33)14-18-8-5-4-6-9-18/h7,10-11,15-18,22-23H,3-6,8-9,12-14,30H2,1-2H3/t17-,22-,23-/m0/s1. The summed E-state index contributed by atoms with van der Waals surface area (Å²) in [5.41, 5.74) is 7.47. The first-order valence-electron chi connectivity index (χ1n) is 12.7. The van der Waals surface area contributed by atoms with Gasteiger partial charge in [0.1, 0.15) is 11.6 Å². The van der Waals surface area contributed by atoms with Gasteiger partial charge in [-0.15, -0.1) is 13.2 Å². The Morgan fingerprint density at radius 3 is 2.66 bits per heavy atom. The largest absolute Gasteiger partial charge is 0.573 e. The van der Waals surface area contributed by atoms with Gasteiger partial charge in [-0.2, -0.15) is 0 Å². The third kappa shape index (κ3) is 6.00. The second-order valence-corrected chi connectivity index (χ2v) is 9.95. The van der Waals surface area contributed by atoms with Gasteiger partial charge in [-0.1, -0.05) is 64.5 Å². The average molecular weight is 493 g/mol. The fraction of sp³-hybridized carbons (Fsp3) is 0.615. The van der Waals surface area contributed by atoms with Gasteiger partial charge in [0.25, 0.3) is 0 Å². The Kier molecular flexibility index (Phi) is 7.73. The lowest BCUT2D eigenvalue weighted by Gasteiger charge is -2.40. The normalized spacial score (nSPS) is 20.9. The van der Waals surface area contributed by atoms with Gasteiger partial charge in [0.05, 0.1) is 17.8 Å². The number of carbonyl (C=O) groups is 1. The molecule has 2 aliphatic rings. The molecule has 3 atom stereocenters. The van der Waals surface area contributed by atoms with Crippen LogP contribution >= 0.6 is 0 Å². The van der Waals surface area contributed by atoms with E-state index in [0.29, 0.717) is 30.3 Å². The molecule has 35 heavy (non-hydrogen) atoms. The number of nitrogens with zero attached hydrogens (tertiary/aromatic N) is 3. The predicted octanol–water partition coefficient (Wildman–Crippen LogP) is 5.68. The molecular formula is C26H35F3N4O2. The van der Waals surface area contributed by atoms with E-state index in [1.165, 1.54) is 37.5 Å². The molecule has 1 aromatic carbocycles. The number of hydrogen-bond acceptors (Lipinski definition) is 4. The molecule has 0 spiro atoms. The molecule has 2 N–H and O–H groups in total. The Morgan fingerprint density at radius 1 is 1.23 bits per heavy atom. The minimum atomic E-state index is -4.76. The highest BCUT2D eigenvalue weighted by Crippen LogP contribution is 2.38. The SMILES string of the molecule is CC[C@H](C)[C@H](N)C(=O)N1CCn2cc(-c3cccc(OC(F)(F)F)c3)nc2[C@@H]1CC1CCCCC1. The van der Waals surface area contributed by atoms with Crippen molar-refractivity contribution in [3.8, 4) is 17.0 Å². The van der Waals surface area contributed by atoms with Gasteiger partial charge in [0, 0.05) is 24.8 Å². The van der Waals surface area contributed by atoms with Crippen molar-refractivity contribution in [3.05, 3.63) is 36.3 Å². The molecular weight excluding hydrogens is 457 g/mol. The maximum Gasteiger partial charge on any atom is 0.573 e. The van der Waals surface area contributed by atoms with Gasteiger partial charge in [0.15, 0.2) is 0 Å². The number of amides is 1. The van der Waals surface area contributed by atoms with Crippen molar-refractivity contribution >= 4 is 5.91 Å². The number of alkyl halides is 3. The summed E-state index contributed by atoms with van der Waals surface area (Å²) in [4.78, 5) is 20.2. The van der Waals surface area contributed by atoms with Crippen molar-refractivity contribution in [1.29, 1.82) is 0 Å².